The minimum atomic E-state index is -0.440. The first kappa shape index (κ1) is 16.4. The molecule has 0 spiro atoms. The van der Waals surface area contributed by atoms with E-state index in [9.17, 15) is 14.4 Å². The predicted molar refractivity (Wildman–Crippen MR) is 79.4 cm³/mol. The molecule has 0 bridgehead atoms. The Morgan fingerprint density at radius 1 is 1.36 bits per heavy atom. The molecule has 0 unspecified atom stereocenters. The Morgan fingerprint density at radius 2 is 2.14 bits per heavy atom. The van der Waals surface area contributed by atoms with Gasteiger partial charge in [-0.1, -0.05) is 6.42 Å². The number of ether oxygens (including phenoxy) is 2. The molecule has 1 aliphatic carbocycles. The summed E-state index contributed by atoms with van der Waals surface area (Å²) in [6, 6.07) is 0. The Hall–Kier alpha value is -1.96. The standard InChI is InChI=1S/C14H18N2O5S/c1-2-20-12(18)6-10-8-22-14(15-10)16-11(17)7-21-13(19)9-4-3-5-9/h8-9H,2-7H2,1H3,(H,15,16,17). The van der Waals surface area contributed by atoms with E-state index in [1.807, 2.05) is 0 Å². The van der Waals surface area contributed by atoms with Crippen LogP contribution in [-0.2, 0) is 30.3 Å². The maximum absolute atomic E-state index is 11.7. The lowest BCUT2D eigenvalue weighted by atomic mass is 9.86. The molecule has 1 N–H and O–H groups in total. The number of hydrogen-bond donors (Lipinski definition) is 1. The molecule has 1 aromatic heterocycles. The summed E-state index contributed by atoms with van der Waals surface area (Å²) in [5.41, 5.74) is 0.533. The molecule has 1 fully saturated rings. The lowest BCUT2D eigenvalue weighted by molar-refractivity contribution is -0.154. The predicted octanol–water partition coefficient (Wildman–Crippen LogP) is 1.53. The minimum absolute atomic E-state index is 0.0520. The maximum atomic E-state index is 11.7. The summed E-state index contributed by atoms with van der Waals surface area (Å²) < 4.78 is 9.76. The van der Waals surface area contributed by atoms with Gasteiger partial charge in [-0.3, -0.25) is 19.7 Å². The molecule has 0 atom stereocenters. The van der Waals surface area contributed by atoms with Gasteiger partial charge in [0.05, 0.1) is 24.6 Å². The summed E-state index contributed by atoms with van der Waals surface area (Å²) >= 11 is 1.20. The summed E-state index contributed by atoms with van der Waals surface area (Å²) in [4.78, 5) is 38.6. The number of carbonyl (C=O) groups excluding carboxylic acids is 3. The van der Waals surface area contributed by atoms with E-state index in [4.69, 9.17) is 9.47 Å². The van der Waals surface area contributed by atoms with E-state index in [2.05, 4.69) is 10.3 Å². The van der Waals surface area contributed by atoms with E-state index in [0.29, 0.717) is 17.4 Å². The van der Waals surface area contributed by atoms with Crippen molar-refractivity contribution < 1.29 is 23.9 Å². The first-order valence-corrected chi connectivity index (χ1v) is 8.03. The second-order valence-corrected chi connectivity index (χ2v) is 5.77. The Bertz CT molecular complexity index is 553. The number of esters is 2. The molecule has 1 heterocycles. The van der Waals surface area contributed by atoms with Gasteiger partial charge in [-0.25, -0.2) is 4.98 Å². The van der Waals surface area contributed by atoms with Gasteiger partial charge in [-0.15, -0.1) is 11.3 Å². The SMILES string of the molecule is CCOC(=O)Cc1csc(NC(=O)COC(=O)C2CCC2)n1. The number of thiazole rings is 1. The molecule has 0 aliphatic heterocycles. The second kappa shape index (κ2) is 7.88. The molecule has 8 heteroatoms. The van der Waals surface area contributed by atoms with Crippen LogP contribution in [0.1, 0.15) is 31.9 Å². The van der Waals surface area contributed by atoms with Crippen LogP contribution in [0.15, 0.2) is 5.38 Å². The average molecular weight is 326 g/mol. The minimum Gasteiger partial charge on any atom is -0.466 e. The first-order chi connectivity index (χ1) is 10.6. The largest absolute Gasteiger partial charge is 0.466 e. The third-order valence-corrected chi connectivity index (χ3v) is 4.02. The van der Waals surface area contributed by atoms with Crippen LogP contribution in [0.2, 0.25) is 0 Å². The average Bonchev–Trinajstić information content (AvgIpc) is 2.81. The number of anilines is 1. The van der Waals surface area contributed by atoms with Gasteiger partial charge in [0.1, 0.15) is 0 Å². The van der Waals surface area contributed by atoms with Crippen LogP contribution >= 0.6 is 11.3 Å². The van der Waals surface area contributed by atoms with E-state index in [-0.39, 0.29) is 30.9 Å². The van der Waals surface area contributed by atoms with Crippen molar-refractivity contribution in [2.45, 2.75) is 32.6 Å². The van der Waals surface area contributed by atoms with Gasteiger partial charge in [-0.05, 0) is 19.8 Å². The van der Waals surface area contributed by atoms with Crippen molar-refractivity contribution in [2.75, 3.05) is 18.5 Å². The van der Waals surface area contributed by atoms with Crippen molar-refractivity contribution in [2.24, 2.45) is 5.92 Å². The van der Waals surface area contributed by atoms with Gasteiger partial charge in [0.15, 0.2) is 11.7 Å². The number of aromatic nitrogens is 1. The third-order valence-electron chi connectivity index (χ3n) is 3.21. The quantitative estimate of drug-likeness (QED) is 0.764. The normalized spacial score (nSPS) is 14.0. The van der Waals surface area contributed by atoms with E-state index in [1.165, 1.54) is 11.3 Å². The Balaban J connectivity index is 1.73. The molecule has 1 aliphatic rings. The molecule has 2 rings (SSSR count). The van der Waals surface area contributed by atoms with Crippen molar-refractivity contribution in [3.05, 3.63) is 11.1 Å². The van der Waals surface area contributed by atoms with Crippen LogP contribution in [0.25, 0.3) is 0 Å². The number of carbonyl (C=O) groups is 3. The van der Waals surface area contributed by atoms with E-state index in [1.54, 1.807) is 12.3 Å². The lowest BCUT2D eigenvalue weighted by Crippen LogP contribution is -2.28. The van der Waals surface area contributed by atoms with Crippen LogP contribution in [-0.4, -0.2) is 36.0 Å². The number of hydrogen-bond acceptors (Lipinski definition) is 7. The summed E-state index contributed by atoms with van der Waals surface area (Å²) in [7, 11) is 0. The van der Waals surface area contributed by atoms with E-state index >= 15 is 0 Å². The van der Waals surface area contributed by atoms with Crippen LogP contribution in [0, 0.1) is 5.92 Å². The van der Waals surface area contributed by atoms with Crippen LogP contribution < -0.4 is 5.32 Å². The second-order valence-electron chi connectivity index (χ2n) is 4.91. The van der Waals surface area contributed by atoms with Gasteiger partial charge < -0.3 is 9.47 Å². The third kappa shape index (κ3) is 4.80. The highest BCUT2D eigenvalue weighted by Crippen LogP contribution is 2.27. The van der Waals surface area contributed by atoms with Crippen molar-refractivity contribution in [3.63, 3.8) is 0 Å². The smallest absolute Gasteiger partial charge is 0.311 e. The fraction of sp³-hybridized carbons (Fsp3) is 0.571. The molecule has 1 amide bonds. The highest BCUT2D eigenvalue weighted by molar-refractivity contribution is 7.13. The van der Waals surface area contributed by atoms with Crippen molar-refractivity contribution >= 4 is 34.3 Å². The Morgan fingerprint density at radius 3 is 2.77 bits per heavy atom. The Kier molecular flexibility index (Phi) is 5.88. The van der Waals surface area contributed by atoms with Gasteiger partial charge in [0, 0.05) is 5.38 Å². The van der Waals surface area contributed by atoms with Gasteiger partial charge in [-0.2, -0.15) is 0 Å². The zero-order valence-corrected chi connectivity index (χ0v) is 13.1. The topological polar surface area (TPSA) is 94.6 Å². The monoisotopic (exact) mass is 326 g/mol. The first-order valence-electron chi connectivity index (χ1n) is 7.15. The van der Waals surface area contributed by atoms with Crippen molar-refractivity contribution in [1.82, 2.24) is 4.98 Å². The fourth-order valence-corrected chi connectivity index (χ4v) is 2.59. The molecule has 1 aromatic rings. The molecule has 1 saturated carbocycles. The van der Waals surface area contributed by atoms with Gasteiger partial charge in [0.25, 0.3) is 5.91 Å². The van der Waals surface area contributed by atoms with Crippen LogP contribution in [0.5, 0.6) is 0 Å². The zero-order chi connectivity index (χ0) is 15.9. The fourth-order valence-electron chi connectivity index (χ4n) is 1.86. The summed E-state index contributed by atoms with van der Waals surface area (Å²) in [6.45, 7) is 1.73. The number of amides is 1. The van der Waals surface area contributed by atoms with Crippen LogP contribution in [0.3, 0.4) is 0 Å². The van der Waals surface area contributed by atoms with E-state index < -0.39 is 5.91 Å². The summed E-state index contributed by atoms with van der Waals surface area (Å²) in [6.07, 6.45) is 2.78. The maximum Gasteiger partial charge on any atom is 0.311 e. The van der Waals surface area contributed by atoms with Gasteiger partial charge in [0.2, 0.25) is 0 Å². The van der Waals surface area contributed by atoms with Crippen molar-refractivity contribution in [1.29, 1.82) is 0 Å². The summed E-state index contributed by atoms with van der Waals surface area (Å²) in [5, 5.41) is 4.58. The summed E-state index contributed by atoms with van der Waals surface area (Å²) in [5.74, 6) is -1.17. The molecular formula is C14H18N2O5S. The molecule has 0 aromatic carbocycles. The Labute approximate surface area is 132 Å². The molecule has 7 nitrogen and oxygen atoms in total. The molecule has 22 heavy (non-hydrogen) atoms. The molecule has 0 radical (unpaired) electrons. The number of rotatable bonds is 7. The van der Waals surface area contributed by atoms with Gasteiger partial charge >= 0.3 is 11.9 Å². The molecule has 0 saturated heterocycles. The highest BCUT2D eigenvalue weighted by Gasteiger charge is 2.27. The van der Waals surface area contributed by atoms with Crippen LogP contribution in [0.4, 0.5) is 5.13 Å². The molecule has 120 valence electrons. The van der Waals surface area contributed by atoms with Crippen molar-refractivity contribution in [3.8, 4) is 0 Å². The molecular weight excluding hydrogens is 308 g/mol. The zero-order valence-electron chi connectivity index (χ0n) is 12.3. The van der Waals surface area contributed by atoms with E-state index in [0.717, 1.165) is 19.3 Å². The number of nitrogens with zero attached hydrogens (tertiary/aromatic N) is 1. The highest BCUT2D eigenvalue weighted by atomic mass is 32.1. The number of nitrogens with one attached hydrogen (secondary N) is 1. The lowest BCUT2D eigenvalue weighted by Gasteiger charge is -2.22.